The van der Waals surface area contributed by atoms with Crippen LogP contribution in [0, 0.1) is 11.8 Å². The minimum atomic E-state index is -1.13. The van der Waals surface area contributed by atoms with E-state index in [1.54, 1.807) is 23.7 Å². The molecular formula is C27H34N4O3S. The first-order chi connectivity index (χ1) is 17.1. The molecule has 0 radical (unpaired) electrons. The Morgan fingerprint density at radius 3 is 2.60 bits per heavy atom. The summed E-state index contributed by atoms with van der Waals surface area (Å²) >= 11 is 1.63. The molecule has 2 saturated heterocycles. The van der Waals surface area contributed by atoms with Gasteiger partial charge in [-0.05, 0) is 55.0 Å². The number of pyridine rings is 1. The fraction of sp³-hybridized carbons (Fsp3) is 0.556. The summed E-state index contributed by atoms with van der Waals surface area (Å²) in [7, 11) is 0. The van der Waals surface area contributed by atoms with Crippen molar-refractivity contribution in [3.05, 3.63) is 52.5 Å². The SMILES string of the molecule is O=C(CCC1CCCC1)N1CCC([C@]2(c3cccnc3)NC(=O)N(CCc3cccs3)C2=O)CC1. The minimum Gasteiger partial charge on any atom is -0.343 e. The molecule has 8 heteroatoms. The van der Waals surface area contributed by atoms with Gasteiger partial charge in [-0.2, -0.15) is 0 Å². The lowest BCUT2D eigenvalue weighted by Gasteiger charge is -2.41. The third kappa shape index (κ3) is 4.85. The van der Waals surface area contributed by atoms with E-state index < -0.39 is 5.54 Å². The number of hydrogen-bond acceptors (Lipinski definition) is 5. The number of hydrogen-bond donors (Lipinski definition) is 1. The van der Waals surface area contributed by atoms with Crippen LogP contribution in [-0.2, 0) is 21.5 Å². The van der Waals surface area contributed by atoms with Gasteiger partial charge >= 0.3 is 6.03 Å². The Morgan fingerprint density at radius 2 is 1.91 bits per heavy atom. The summed E-state index contributed by atoms with van der Waals surface area (Å²) in [5, 5.41) is 5.09. The Hall–Kier alpha value is -2.74. The van der Waals surface area contributed by atoms with Crippen LogP contribution in [0.3, 0.4) is 0 Å². The molecule has 35 heavy (non-hydrogen) atoms. The van der Waals surface area contributed by atoms with Crippen molar-refractivity contribution in [3.8, 4) is 0 Å². The van der Waals surface area contributed by atoms with Crippen LogP contribution >= 0.6 is 11.3 Å². The molecular weight excluding hydrogens is 460 g/mol. The average Bonchev–Trinajstić information content (AvgIpc) is 3.65. The van der Waals surface area contributed by atoms with Crippen LogP contribution in [0.15, 0.2) is 42.0 Å². The molecule has 1 saturated carbocycles. The number of nitrogens with one attached hydrogen (secondary N) is 1. The van der Waals surface area contributed by atoms with Crippen molar-refractivity contribution in [3.63, 3.8) is 0 Å². The van der Waals surface area contributed by atoms with E-state index in [0.717, 1.165) is 16.9 Å². The number of aromatic nitrogens is 1. The molecule has 5 rings (SSSR count). The monoisotopic (exact) mass is 494 g/mol. The number of carbonyl (C=O) groups is 3. The number of nitrogens with zero attached hydrogens (tertiary/aromatic N) is 3. The Bertz CT molecular complexity index is 1030. The molecule has 0 unspecified atom stereocenters. The zero-order chi connectivity index (χ0) is 24.3. The fourth-order valence-electron chi connectivity index (χ4n) is 6.13. The highest BCUT2D eigenvalue weighted by atomic mass is 32.1. The van der Waals surface area contributed by atoms with Crippen LogP contribution in [0.1, 0.15) is 61.8 Å². The summed E-state index contributed by atoms with van der Waals surface area (Å²) in [6.45, 7) is 1.59. The molecule has 0 aromatic carbocycles. The second-order valence-corrected chi connectivity index (χ2v) is 11.1. The van der Waals surface area contributed by atoms with Crippen LogP contribution < -0.4 is 5.32 Å². The van der Waals surface area contributed by atoms with Crippen molar-refractivity contribution in [2.24, 2.45) is 11.8 Å². The van der Waals surface area contributed by atoms with E-state index in [4.69, 9.17) is 0 Å². The molecule has 4 heterocycles. The topological polar surface area (TPSA) is 82.6 Å². The van der Waals surface area contributed by atoms with Gasteiger partial charge in [-0.1, -0.05) is 37.8 Å². The fourth-order valence-corrected chi connectivity index (χ4v) is 6.82. The van der Waals surface area contributed by atoms with Gasteiger partial charge in [0.1, 0.15) is 0 Å². The lowest BCUT2D eigenvalue weighted by Crippen LogP contribution is -2.54. The molecule has 4 amide bonds. The minimum absolute atomic E-state index is 0.0891. The molecule has 0 bridgehead atoms. The molecule has 3 fully saturated rings. The van der Waals surface area contributed by atoms with E-state index in [-0.39, 0.29) is 23.8 Å². The van der Waals surface area contributed by atoms with E-state index >= 15 is 0 Å². The van der Waals surface area contributed by atoms with Crippen LogP contribution in [0.25, 0.3) is 0 Å². The number of likely N-dealkylation sites (tertiary alicyclic amines) is 1. The summed E-state index contributed by atoms with van der Waals surface area (Å²) in [6.07, 6.45) is 12.1. The first-order valence-electron chi connectivity index (χ1n) is 12.9. The highest BCUT2D eigenvalue weighted by Crippen LogP contribution is 2.41. The Morgan fingerprint density at radius 1 is 1.11 bits per heavy atom. The average molecular weight is 495 g/mol. The first-order valence-corrected chi connectivity index (χ1v) is 13.8. The predicted octanol–water partition coefficient (Wildman–Crippen LogP) is 4.34. The van der Waals surface area contributed by atoms with E-state index in [0.29, 0.717) is 51.2 Å². The smallest absolute Gasteiger partial charge is 0.325 e. The van der Waals surface area contributed by atoms with Gasteiger partial charge in [0.05, 0.1) is 0 Å². The molecule has 7 nitrogen and oxygen atoms in total. The molecule has 2 aliphatic heterocycles. The van der Waals surface area contributed by atoms with Crippen molar-refractivity contribution in [2.45, 2.75) is 63.3 Å². The van der Waals surface area contributed by atoms with Crippen molar-refractivity contribution >= 4 is 29.2 Å². The lowest BCUT2D eigenvalue weighted by molar-refractivity contribution is -0.136. The van der Waals surface area contributed by atoms with Crippen molar-refractivity contribution in [2.75, 3.05) is 19.6 Å². The van der Waals surface area contributed by atoms with Crippen molar-refractivity contribution < 1.29 is 14.4 Å². The van der Waals surface area contributed by atoms with Crippen molar-refractivity contribution in [1.82, 2.24) is 20.1 Å². The molecule has 1 aliphatic carbocycles. The maximum absolute atomic E-state index is 13.9. The molecule has 0 spiro atoms. The summed E-state index contributed by atoms with van der Waals surface area (Å²) in [6, 6.07) is 7.36. The van der Waals surface area contributed by atoms with Crippen LogP contribution in [-0.4, -0.2) is 52.3 Å². The van der Waals surface area contributed by atoms with Gasteiger partial charge < -0.3 is 10.2 Å². The normalized spacial score (nSPS) is 23.8. The molecule has 1 atom stereocenters. The predicted molar refractivity (Wildman–Crippen MR) is 135 cm³/mol. The third-order valence-corrected chi connectivity index (χ3v) is 9.05. The quantitative estimate of drug-likeness (QED) is 0.554. The standard InChI is InChI=1S/C27H34N4O3S/c32-24(10-9-20-5-1-2-6-20)30-15-11-21(12-16-30)27(22-7-3-14-28-19-22)25(33)31(26(34)29-27)17-13-23-8-4-18-35-23/h3-4,7-8,14,18-21H,1-2,5-6,9-13,15-17H2,(H,29,34)/t27-/m1/s1. The zero-order valence-electron chi connectivity index (χ0n) is 20.2. The molecule has 1 N–H and O–H groups in total. The van der Waals surface area contributed by atoms with Gasteiger partial charge in [0, 0.05) is 48.9 Å². The van der Waals surface area contributed by atoms with Gasteiger partial charge in [-0.25, -0.2) is 4.79 Å². The summed E-state index contributed by atoms with van der Waals surface area (Å²) in [5.41, 5.74) is -0.400. The second-order valence-electron chi connectivity index (χ2n) is 10.1. The number of carbonyl (C=O) groups excluding carboxylic acids is 3. The van der Waals surface area contributed by atoms with E-state index in [1.807, 2.05) is 34.5 Å². The van der Waals surface area contributed by atoms with E-state index in [1.165, 1.54) is 30.6 Å². The van der Waals surface area contributed by atoms with E-state index in [9.17, 15) is 14.4 Å². The highest BCUT2D eigenvalue weighted by Gasteiger charge is 2.57. The lowest BCUT2D eigenvalue weighted by atomic mass is 9.73. The van der Waals surface area contributed by atoms with Gasteiger partial charge in [-0.3, -0.25) is 19.5 Å². The van der Waals surface area contributed by atoms with Crippen LogP contribution in [0.4, 0.5) is 4.79 Å². The Labute approximate surface area is 210 Å². The maximum atomic E-state index is 13.9. The first kappa shape index (κ1) is 24.0. The number of amides is 4. The maximum Gasteiger partial charge on any atom is 0.325 e. The van der Waals surface area contributed by atoms with Gasteiger partial charge in [0.2, 0.25) is 5.91 Å². The van der Waals surface area contributed by atoms with Gasteiger partial charge in [0.15, 0.2) is 5.54 Å². The largest absolute Gasteiger partial charge is 0.343 e. The number of rotatable bonds is 8. The molecule has 2 aromatic rings. The molecule has 186 valence electrons. The Kier molecular flexibility index (Phi) is 7.18. The van der Waals surface area contributed by atoms with Gasteiger partial charge in [0.25, 0.3) is 5.91 Å². The summed E-state index contributed by atoms with van der Waals surface area (Å²) in [4.78, 5) is 48.6. The van der Waals surface area contributed by atoms with Crippen LogP contribution in [0.5, 0.6) is 0 Å². The van der Waals surface area contributed by atoms with Gasteiger partial charge in [-0.15, -0.1) is 11.3 Å². The van der Waals surface area contributed by atoms with E-state index in [2.05, 4.69) is 10.3 Å². The van der Waals surface area contributed by atoms with Crippen molar-refractivity contribution in [1.29, 1.82) is 0 Å². The third-order valence-electron chi connectivity index (χ3n) is 8.11. The highest BCUT2D eigenvalue weighted by molar-refractivity contribution is 7.09. The number of thiophene rings is 1. The van der Waals surface area contributed by atoms with Crippen LogP contribution in [0.2, 0.25) is 0 Å². The second kappa shape index (κ2) is 10.5. The Balaban J connectivity index is 1.29. The number of urea groups is 1. The zero-order valence-corrected chi connectivity index (χ0v) is 21.0. The molecule has 2 aromatic heterocycles. The number of piperidine rings is 1. The summed E-state index contributed by atoms with van der Waals surface area (Å²) in [5.74, 6) is 0.647. The molecule has 3 aliphatic rings. The summed E-state index contributed by atoms with van der Waals surface area (Å²) < 4.78 is 0. The number of imide groups is 1.